The summed E-state index contributed by atoms with van der Waals surface area (Å²) < 4.78 is 13.6. The van der Waals surface area contributed by atoms with E-state index in [1.807, 2.05) is 7.05 Å². The second-order valence-corrected chi connectivity index (χ2v) is 5.15. The summed E-state index contributed by atoms with van der Waals surface area (Å²) in [6.07, 6.45) is 5.33. The Morgan fingerprint density at radius 1 is 1.35 bits per heavy atom. The Morgan fingerprint density at radius 3 is 2.71 bits per heavy atom. The van der Waals surface area contributed by atoms with Gasteiger partial charge in [-0.25, -0.2) is 4.39 Å². The molecule has 0 atom stereocenters. The Bertz CT molecular complexity index is 352. The molecule has 0 aromatic heterocycles. The van der Waals surface area contributed by atoms with Gasteiger partial charge in [-0.2, -0.15) is 0 Å². The molecular weight excluding hydrogens is 215 g/mol. The van der Waals surface area contributed by atoms with Crippen LogP contribution in [0.25, 0.3) is 0 Å². The Kier molecular flexibility index (Phi) is 4.00. The second kappa shape index (κ2) is 5.50. The van der Waals surface area contributed by atoms with Crippen molar-refractivity contribution in [1.82, 2.24) is 4.90 Å². The van der Waals surface area contributed by atoms with Gasteiger partial charge < -0.3 is 10.6 Å². The fraction of sp³-hybridized carbons (Fsp3) is 0.571. The SMILES string of the molecule is CN(Cc1c(N)cccc1F)CC1CCCC1. The Hall–Kier alpha value is -1.09. The van der Waals surface area contributed by atoms with E-state index in [9.17, 15) is 4.39 Å². The molecule has 2 rings (SSSR count). The smallest absolute Gasteiger partial charge is 0.129 e. The zero-order valence-electron chi connectivity index (χ0n) is 10.5. The van der Waals surface area contributed by atoms with Gasteiger partial charge in [0.25, 0.3) is 0 Å². The van der Waals surface area contributed by atoms with Crippen molar-refractivity contribution in [3.8, 4) is 0 Å². The molecule has 0 amide bonds. The summed E-state index contributed by atoms with van der Waals surface area (Å²) in [6.45, 7) is 1.66. The molecule has 2 N–H and O–H groups in total. The van der Waals surface area contributed by atoms with Crippen LogP contribution in [0.4, 0.5) is 10.1 Å². The number of hydrogen-bond acceptors (Lipinski definition) is 2. The molecule has 1 aromatic carbocycles. The van der Waals surface area contributed by atoms with Gasteiger partial charge in [0.2, 0.25) is 0 Å². The van der Waals surface area contributed by atoms with Gasteiger partial charge in [0, 0.05) is 24.3 Å². The number of rotatable bonds is 4. The number of nitrogen functional groups attached to an aromatic ring is 1. The lowest BCUT2D eigenvalue weighted by Crippen LogP contribution is -2.25. The summed E-state index contributed by atoms with van der Waals surface area (Å²) in [5.41, 5.74) is 7.00. The van der Waals surface area contributed by atoms with Gasteiger partial charge in [-0.05, 0) is 37.9 Å². The highest BCUT2D eigenvalue weighted by Gasteiger charge is 2.17. The van der Waals surface area contributed by atoms with Crippen molar-refractivity contribution in [2.75, 3.05) is 19.3 Å². The molecule has 1 saturated carbocycles. The Morgan fingerprint density at radius 2 is 2.06 bits per heavy atom. The minimum Gasteiger partial charge on any atom is -0.398 e. The summed E-state index contributed by atoms with van der Waals surface area (Å²) in [7, 11) is 2.05. The van der Waals surface area contributed by atoms with Crippen LogP contribution in [0, 0.1) is 11.7 Å². The first-order chi connectivity index (χ1) is 8.16. The first-order valence-electron chi connectivity index (χ1n) is 6.38. The predicted molar refractivity (Wildman–Crippen MR) is 69.1 cm³/mol. The Labute approximate surface area is 103 Å². The van der Waals surface area contributed by atoms with Gasteiger partial charge in [0.1, 0.15) is 5.82 Å². The average Bonchev–Trinajstić information content (AvgIpc) is 2.76. The summed E-state index contributed by atoms with van der Waals surface area (Å²) in [4.78, 5) is 2.19. The molecule has 0 saturated heterocycles. The van der Waals surface area contributed by atoms with Crippen molar-refractivity contribution in [3.63, 3.8) is 0 Å². The highest BCUT2D eigenvalue weighted by molar-refractivity contribution is 5.47. The molecule has 1 fully saturated rings. The lowest BCUT2D eigenvalue weighted by atomic mass is 10.1. The standard InChI is InChI=1S/C14H21FN2/c1-17(9-11-5-2-3-6-11)10-12-13(15)7-4-8-14(12)16/h4,7-8,11H,2-3,5-6,9-10,16H2,1H3. The van der Waals surface area contributed by atoms with Crippen LogP contribution < -0.4 is 5.73 Å². The molecule has 0 bridgehead atoms. The number of hydrogen-bond donors (Lipinski definition) is 1. The van der Waals surface area contributed by atoms with E-state index in [4.69, 9.17) is 5.73 Å². The minimum atomic E-state index is -0.191. The van der Waals surface area contributed by atoms with Crippen LogP contribution in [0.5, 0.6) is 0 Å². The Balaban J connectivity index is 1.95. The van der Waals surface area contributed by atoms with E-state index in [1.165, 1.54) is 31.7 Å². The van der Waals surface area contributed by atoms with Crippen LogP contribution in [-0.4, -0.2) is 18.5 Å². The molecule has 0 unspecified atom stereocenters. The molecule has 17 heavy (non-hydrogen) atoms. The van der Waals surface area contributed by atoms with Crippen LogP contribution >= 0.6 is 0 Å². The molecule has 3 heteroatoms. The van der Waals surface area contributed by atoms with E-state index >= 15 is 0 Å². The third-order valence-electron chi connectivity index (χ3n) is 3.63. The summed E-state index contributed by atoms with van der Waals surface area (Å²) in [6, 6.07) is 4.90. The first kappa shape index (κ1) is 12.4. The zero-order valence-corrected chi connectivity index (χ0v) is 10.5. The number of halogens is 1. The van der Waals surface area contributed by atoms with Crippen molar-refractivity contribution >= 4 is 5.69 Å². The highest BCUT2D eigenvalue weighted by Crippen LogP contribution is 2.26. The van der Waals surface area contributed by atoms with E-state index < -0.39 is 0 Å². The molecule has 2 nitrogen and oxygen atoms in total. The maximum atomic E-state index is 13.6. The van der Waals surface area contributed by atoms with Crippen molar-refractivity contribution in [2.45, 2.75) is 32.2 Å². The van der Waals surface area contributed by atoms with Crippen LogP contribution in [0.3, 0.4) is 0 Å². The molecule has 0 spiro atoms. The number of benzene rings is 1. The van der Waals surface area contributed by atoms with E-state index in [1.54, 1.807) is 12.1 Å². The third-order valence-corrected chi connectivity index (χ3v) is 3.63. The highest BCUT2D eigenvalue weighted by atomic mass is 19.1. The van der Waals surface area contributed by atoms with E-state index in [0.29, 0.717) is 17.8 Å². The summed E-state index contributed by atoms with van der Waals surface area (Å²) in [5.74, 6) is 0.594. The molecule has 0 heterocycles. The van der Waals surface area contributed by atoms with Gasteiger partial charge in [-0.15, -0.1) is 0 Å². The fourth-order valence-corrected chi connectivity index (χ4v) is 2.71. The maximum Gasteiger partial charge on any atom is 0.129 e. The molecule has 0 radical (unpaired) electrons. The van der Waals surface area contributed by atoms with Gasteiger partial charge >= 0.3 is 0 Å². The number of nitrogens with zero attached hydrogens (tertiary/aromatic N) is 1. The van der Waals surface area contributed by atoms with Gasteiger partial charge in [-0.1, -0.05) is 18.9 Å². The average molecular weight is 236 g/mol. The topological polar surface area (TPSA) is 29.3 Å². The van der Waals surface area contributed by atoms with E-state index in [2.05, 4.69) is 4.90 Å². The third kappa shape index (κ3) is 3.19. The molecule has 0 aliphatic heterocycles. The predicted octanol–water partition coefficient (Wildman–Crippen LogP) is 3.03. The molecule has 1 aromatic rings. The quantitative estimate of drug-likeness (QED) is 0.814. The first-order valence-corrected chi connectivity index (χ1v) is 6.38. The summed E-state index contributed by atoms with van der Waals surface area (Å²) in [5, 5.41) is 0. The van der Waals surface area contributed by atoms with Crippen molar-refractivity contribution in [3.05, 3.63) is 29.6 Å². The monoisotopic (exact) mass is 236 g/mol. The molecule has 1 aliphatic rings. The van der Waals surface area contributed by atoms with Crippen molar-refractivity contribution in [2.24, 2.45) is 5.92 Å². The molecule has 1 aliphatic carbocycles. The van der Waals surface area contributed by atoms with Gasteiger partial charge in [-0.3, -0.25) is 0 Å². The number of anilines is 1. The van der Waals surface area contributed by atoms with Crippen LogP contribution in [0.15, 0.2) is 18.2 Å². The summed E-state index contributed by atoms with van der Waals surface area (Å²) >= 11 is 0. The van der Waals surface area contributed by atoms with Gasteiger partial charge in [0.05, 0.1) is 0 Å². The van der Waals surface area contributed by atoms with E-state index in [0.717, 1.165) is 12.5 Å². The fourth-order valence-electron chi connectivity index (χ4n) is 2.71. The van der Waals surface area contributed by atoms with Gasteiger partial charge in [0.15, 0.2) is 0 Å². The zero-order chi connectivity index (χ0) is 12.3. The van der Waals surface area contributed by atoms with Crippen LogP contribution in [0.2, 0.25) is 0 Å². The van der Waals surface area contributed by atoms with Crippen molar-refractivity contribution < 1.29 is 4.39 Å². The minimum absolute atomic E-state index is 0.191. The van der Waals surface area contributed by atoms with E-state index in [-0.39, 0.29) is 5.82 Å². The normalized spacial score (nSPS) is 16.9. The molecular formula is C14H21FN2. The van der Waals surface area contributed by atoms with Crippen molar-refractivity contribution in [1.29, 1.82) is 0 Å². The molecule has 94 valence electrons. The largest absolute Gasteiger partial charge is 0.398 e. The lowest BCUT2D eigenvalue weighted by Gasteiger charge is -2.21. The van der Waals surface area contributed by atoms with Crippen LogP contribution in [0.1, 0.15) is 31.2 Å². The maximum absolute atomic E-state index is 13.6. The number of nitrogens with two attached hydrogens (primary N) is 1. The van der Waals surface area contributed by atoms with Crippen LogP contribution in [-0.2, 0) is 6.54 Å². The lowest BCUT2D eigenvalue weighted by molar-refractivity contribution is 0.268. The second-order valence-electron chi connectivity index (χ2n) is 5.15.